The minimum atomic E-state index is -0.388. The molecule has 0 atom stereocenters. The van der Waals surface area contributed by atoms with E-state index in [1.54, 1.807) is 11.4 Å². The molecule has 0 amide bonds. The molecule has 3 nitrogen and oxygen atoms in total. The summed E-state index contributed by atoms with van der Waals surface area (Å²) in [4.78, 5) is 11.0. The van der Waals surface area contributed by atoms with Gasteiger partial charge in [-0.2, -0.15) is 0 Å². The zero-order chi connectivity index (χ0) is 10.3. The molecule has 0 radical (unpaired) electrons. The lowest BCUT2D eigenvalue weighted by Crippen LogP contribution is -1.88. The number of non-ortho nitro benzene ring substituents is 1. The molecule has 0 saturated heterocycles. The number of rotatable bonds is 1. The molecule has 1 aromatic heterocycles. The molecule has 0 aliphatic carbocycles. The van der Waals surface area contributed by atoms with Crippen LogP contribution in [0.15, 0.2) is 26.9 Å². The fourth-order valence-corrected chi connectivity index (χ4v) is 3.17. The van der Waals surface area contributed by atoms with Gasteiger partial charge in [-0.15, -0.1) is 24.0 Å². The van der Waals surface area contributed by atoms with Gasteiger partial charge in [-0.1, -0.05) is 0 Å². The highest BCUT2D eigenvalue weighted by Gasteiger charge is 2.17. The first-order chi connectivity index (χ1) is 6.61. The van der Waals surface area contributed by atoms with Crippen LogP contribution in [0.5, 0.6) is 0 Å². The standard InChI is InChI=1S/C8H4BrNO2S2/c9-4-1-2-5(10(11)12)7-6(13)3-14-8(4)7/h1-3,13H. The largest absolute Gasteiger partial charge is 0.279 e. The summed E-state index contributed by atoms with van der Waals surface area (Å²) in [5.41, 5.74) is 0.106. The second-order valence-corrected chi connectivity index (χ2v) is 4.86. The van der Waals surface area contributed by atoms with E-state index in [-0.39, 0.29) is 10.6 Å². The normalized spacial score (nSPS) is 10.7. The van der Waals surface area contributed by atoms with E-state index in [1.807, 2.05) is 0 Å². The van der Waals surface area contributed by atoms with E-state index in [2.05, 4.69) is 28.6 Å². The Morgan fingerprint density at radius 2 is 2.21 bits per heavy atom. The van der Waals surface area contributed by atoms with Crippen molar-refractivity contribution in [2.75, 3.05) is 0 Å². The first kappa shape index (κ1) is 9.95. The van der Waals surface area contributed by atoms with E-state index in [0.717, 1.165) is 9.17 Å². The summed E-state index contributed by atoms with van der Waals surface area (Å²) in [6.07, 6.45) is 0. The van der Waals surface area contributed by atoms with Crippen LogP contribution in [0.4, 0.5) is 5.69 Å². The molecule has 0 aliphatic rings. The third-order valence-electron chi connectivity index (χ3n) is 1.83. The summed E-state index contributed by atoms with van der Waals surface area (Å²) in [5, 5.41) is 13.1. The Kier molecular flexibility index (Phi) is 2.50. The zero-order valence-corrected chi connectivity index (χ0v) is 10.0. The predicted molar refractivity (Wildman–Crippen MR) is 63.4 cm³/mol. The molecule has 0 unspecified atom stereocenters. The van der Waals surface area contributed by atoms with E-state index in [0.29, 0.717) is 10.3 Å². The van der Waals surface area contributed by atoms with Crippen LogP contribution in [0.3, 0.4) is 0 Å². The Labute approximate surface area is 97.4 Å². The van der Waals surface area contributed by atoms with Crippen molar-refractivity contribution in [3.8, 4) is 0 Å². The molecular weight excluding hydrogens is 286 g/mol. The van der Waals surface area contributed by atoms with Crippen molar-refractivity contribution in [2.24, 2.45) is 0 Å². The van der Waals surface area contributed by atoms with Gasteiger partial charge in [0.05, 0.1) is 15.0 Å². The molecule has 2 aromatic rings. The second kappa shape index (κ2) is 3.52. The molecule has 0 N–H and O–H groups in total. The number of thiol groups is 1. The van der Waals surface area contributed by atoms with Crippen LogP contribution in [-0.2, 0) is 0 Å². The number of nitro groups is 1. The molecule has 0 fully saturated rings. The maximum Gasteiger partial charge on any atom is 0.279 e. The number of nitrogens with zero attached hydrogens (tertiary/aromatic N) is 1. The molecule has 0 aliphatic heterocycles. The number of thiophene rings is 1. The first-order valence-corrected chi connectivity index (χ1v) is 5.76. The Bertz CT molecular complexity index is 523. The van der Waals surface area contributed by atoms with Crippen LogP contribution in [-0.4, -0.2) is 4.92 Å². The molecule has 72 valence electrons. The Balaban J connectivity index is 2.92. The first-order valence-electron chi connectivity index (χ1n) is 3.64. The van der Waals surface area contributed by atoms with Gasteiger partial charge in [-0.3, -0.25) is 10.1 Å². The zero-order valence-electron chi connectivity index (χ0n) is 6.73. The van der Waals surface area contributed by atoms with Gasteiger partial charge in [0, 0.05) is 20.8 Å². The van der Waals surface area contributed by atoms with Gasteiger partial charge >= 0.3 is 0 Å². The van der Waals surface area contributed by atoms with E-state index in [4.69, 9.17) is 0 Å². The summed E-state index contributed by atoms with van der Waals surface area (Å²) < 4.78 is 1.73. The molecule has 0 spiro atoms. The lowest BCUT2D eigenvalue weighted by Gasteiger charge is -1.96. The van der Waals surface area contributed by atoms with Crippen LogP contribution >= 0.6 is 39.9 Å². The van der Waals surface area contributed by atoms with Crippen LogP contribution in [0.1, 0.15) is 0 Å². The van der Waals surface area contributed by atoms with E-state index in [1.165, 1.54) is 17.4 Å². The number of hydrogen-bond donors (Lipinski definition) is 1. The molecule has 1 heterocycles. The average Bonchev–Trinajstić information content (AvgIpc) is 2.50. The van der Waals surface area contributed by atoms with E-state index < -0.39 is 0 Å². The number of benzene rings is 1. The highest BCUT2D eigenvalue weighted by molar-refractivity contribution is 9.10. The smallest absolute Gasteiger partial charge is 0.258 e. The molecule has 6 heteroatoms. The highest BCUT2D eigenvalue weighted by Crippen LogP contribution is 2.39. The molecule has 1 aromatic carbocycles. The number of halogens is 1. The summed E-state index contributed by atoms with van der Waals surface area (Å²) in [7, 11) is 0. The van der Waals surface area contributed by atoms with Gasteiger partial charge in [-0.05, 0) is 22.0 Å². The van der Waals surface area contributed by atoms with Crippen molar-refractivity contribution in [1.29, 1.82) is 0 Å². The Hall–Kier alpha value is -0.590. The van der Waals surface area contributed by atoms with Crippen LogP contribution in [0.25, 0.3) is 10.1 Å². The van der Waals surface area contributed by atoms with Crippen molar-refractivity contribution in [1.82, 2.24) is 0 Å². The molecule has 0 bridgehead atoms. The van der Waals surface area contributed by atoms with Gasteiger partial charge in [0.15, 0.2) is 0 Å². The van der Waals surface area contributed by atoms with Crippen molar-refractivity contribution < 1.29 is 4.92 Å². The minimum absolute atomic E-state index is 0.106. The fourth-order valence-electron chi connectivity index (χ4n) is 1.24. The Morgan fingerprint density at radius 3 is 2.86 bits per heavy atom. The van der Waals surface area contributed by atoms with Crippen LogP contribution < -0.4 is 0 Å². The third-order valence-corrected chi connectivity index (χ3v) is 4.29. The highest BCUT2D eigenvalue weighted by atomic mass is 79.9. The summed E-state index contributed by atoms with van der Waals surface area (Å²) in [6.45, 7) is 0. The summed E-state index contributed by atoms with van der Waals surface area (Å²) in [5.74, 6) is 0. The topological polar surface area (TPSA) is 43.1 Å². The van der Waals surface area contributed by atoms with Gasteiger partial charge in [0.1, 0.15) is 0 Å². The average molecular weight is 290 g/mol. The molecular formula is C8H4BrNO2S2. The maximum absolute atomic E-state index is 10.7. The molecule has 2 rings (SSSR count). The monoisotopic (exact) mass is 289 g/mol. The maximum atomic E-state index is 10.7. The van der Waals surface area contributed by atoms with Gasteiger partial charge < -0.3 is 0 Å². The van der Waals surface area contributed by atoms with E-state index in [9.17, 15) is 10.1 Å². The van der Waals surface area contributed by atoms with Crippen molar-refractivity contribution >= 4 is 55.7 Å². The fraction of sp³-hybridized carbons (Fsp3) is 0. The van der Waals surface area contributed by atoms with Crippen molar-refractivity contribution in [3.05, 3.63) is 32.1 Å². The third kappa shape index (κ3) is 1.43. The number of fused-ring (bicyclic) bond motifs is 1. The van der Waals surface area contributed by atoms with E-state index >= 15 is 0 Å². The second-order valence-electron chi connectivity index (χ2n) is 2.65. The molecule has 0 saturated carbocycles. The van der Waals surface area contributed by atoms with Gasteiger partial charge in [0.25, 0.3) is 5.69 Å². The quantitative estimate of drug-likeness (QED) is 0.492. The number of nitro benzene ring substituents is 1. The van der Waals surface area contributed by atoms with Gasteiger partial charge in [0.2, 0.25) is 0 Å². The SMILES string of the molecule is O=[N+]([O-])c1ccc(Br)c2scc(S)c12. The lowest BCUT2D eigenvalue weighted by atomic mass is 10.2. The minimum Gasteiger partial charge on any atom is -0.258 e. The van der Waals surface area contributed by atoms with Crippen molar-refractivity contribution in [2.45, 2.75) is 4.90 Å². The van der Waals surface area contributed by atoms with Gasteiger partial charge in [-0.25, -0.2) is 0 Å². The summed E-state index contributed by atoms with van der Waals surface area (Å²) in [6, 6.07) is 3.17. The Morgan fingerprint density at radius 1 is 1.50 bits per heavy atom. The lowest BCUT2D eigenvalue weighted by molar-refractivity contribution is -0.383. The molecule has 14 heavy (non-hydrogen) atoms. The van der Waals surface area contributed by atoms with Crippen LogP contribution in [0, 0.1) is 10.1 Å². The predicted octanol–water partition coefficient (Wildman–Crippen LogP) is 3.86. The van der Waals surface area contributed by atoms with Crippen LogP contribution in [0.2, 0.25) is 0 Å². The number of hydrogen-bond acceptors (Lipinski definition) is 4. The summed E-state index contributed by atoms with van der Waals surface area (Å²) >= 11 is 8.99. The van der Waals surface area contributed by atoms with Crippen molar-refractivity contribution in [3.63, 3.8) is 0 Å².